The summed E-state index contributed by atoms with van der Waals surface area (Å²) in [4.78, 5) is 10.4. The smallest absolute Gasteiger partial charge is 0.269 e. The number of hydrogen-bond donors (Lipinski definition) is 1. The minimum absolute atomic E-state index is 0.0142. The minimum atomic E-state index is -0.385. The van der Waals surface area contributed by atoms with Crippen LogP contribution in [0.5, 0.6) is 11.5 Å². The lowest BCUT2D eigenvalue weighted by molar-refractivity contribution is -0.384. The maximum atomic E-state index is 10.8. The molecule has 1 aliphatic rings. The second-order valence-electron chi connectivity index (χ2n) is 5.62. The van der Waals surface area contributed by atoms with E-state index in [0.29, 0.717) is 6.61 Å². The summed E-state index contributed by atoms with van der Waals surface area (Å²) >= 11 is 0. The highest BCUT2D eigenvalue weighted by Crippen LogP contribution is 2.37. The third-order valence-electron chi connectivity index (χ3n) is 4.22. The molecule has 0 radical (unpaired) electrons. The van der Waals surface area contributed by atoms with Crippen LogP contribution in [0.2, 0.25) is 0 Å². The SMILES string of the molecule is CCOc1cc2c(cc1OC)CCNC2c1ccc([N+](=O)[O-])cc1. The van der Waals surface area contributed by atoms with Gasteiger partial charge in [-0.3, -0.25) is 10.1 Å². The first-order valence-corrected chi connectivity index (χ1v) is 7.95. The van der Waals surface area contributed by atoms with Gasteiger partial charge in [0, 0.05) is 18.7 Å². The molecular formula is C18H20N2O4. The number of rotatable bonds is 5. The lowest BCUT2D eigenvalue weighted by Gasteiger charge is -2.28. The average Bonchev–Trinajstić information content (AvgIpc) is 2.61. The molecule has 3 rings (SSSR count). The van der Waals surface area contributed by atoms with Gasteiger partial charge in [0.25, 0.3) is 5.69 Å². The molecule has 126 valence electrons. The molecule has 2 aromatic rings. The van der Waals surface area contributed by atoms with Crippen LogP contribution in [-0.2, 0) is 6.42 Å². The second-order valence-corrected chi connectivity index (χ2v) is 5.62. The van der Waals surface area contributed by atoms with Crippen molar-refractivity contribution in [1.29, 1.82) is 0 Å². The third kappa shape index (κ3) is 3.05. The fraction of sp³-hybridized carbons (Fsp3) is 0.333. The molecule has 6 heteroatoms. The normalized spacial score (nSPS) is 16.3. The highest BCUT2D eigenvalue weighted by atomic mass is 16.6. The summed E-state index contributed by atoms with van der Waals surface area (Å²) in [5.74, 6) is 1.45. The Morgan fingerprint density at radius 2 is 2.00 bits per heavy atom. The van der Waals surface area contributed by atoms with Crippen molar-refractivity contribution in [3.05, 3.63) is 63.2 Å². The minimum Gasteiger partial charge on any atom is -0.493 e. The van der Waals surface area contributed by atoms with Gasteiger partial charge in [0.05, 0.1) is 24.7 Å². The van der Waals surface area contributed by atoms with Gasteiger partial charge < -0.3 is 14.8 Å². The van der Waals surface area contributed by atoms with E-state index in [1.807, 2.05) is 19.1 Å². The lowest BCUT2D eigenvalue weighted by Crippen LogP contribution is -2.30. The number of non-ortho nitro benzene ring substituents is 1. The Labute approximate surface area is 140 Å². The van der Waals surface area contributed by atoms with E-state index in [9.17, 15) is 10.1 Å². The molecule has 0 fully saturated rings. The van der Waals surface area contributed by atoms with Crippen molar-refractivity contribution in [2.75, 3.05) is 20.3 Å². The number of methoxy groups -OCH3 is 1. The van der Waals surface area contributed by atoms with Gasteiger partial charge in [0.15, 0.2) is 11.5 Å². The monoisotopic (exact) mass is 328 g/mol. The van der Waals surface area contributed by atoms with Gasteiger partial charge in [-0.2, -0.15) is 0 Å². The van der Waals surface area contributed by atoms with Crippen molar-refractivity contribution in [2.45, 2.75) is 19.4 Å². The standard InChI is InChI=1S/C18H20N2O4/c1-3-24-17-11-15-13(10-16(17)23-2)8-9-19-18(15)12-4-6-14(7-5-12)20(21)22/h4-7,10-11,18-19H,3,8-9H2,1-2H3. The number of nitro groups is 1. The molecule has 0 bridgehead atoms. The van der Waals surface area contributed by atoms with Gasteiger partial charge in [-0.15, -0.1) is 0 Å². The van der Waals surface area contributed by atoms with Crippen LogP contribution in [-0.4, -0.2) is 25.2 Å². The van der Waals surface area contributed by atoms with Gasteiger partial charge >= 0.3 is 0 Å². The number of nitro benzene ring substituents is 1. The molecule has 1 heterocycles. The van der Waals surface area contributed by atoms with Crippen LogP contribution in [0.15, 0.2) is 36.4 Å². The van der Waals surface area contributed by atoms with Crippen LogP contribution in [0.25, 0.3) is 0 Å². The van der Waals surface area contributed by atoms with Crippen LogP contribution in [0.4, 0.5) is 5.69 Å². The van der Waals surface area contributed by atoms with E-state index in [0.717, 1.165) is 35.6 Å². The fourth-order valence-electron chi connectivity index (χ4n) is 3.08. The largest absolute Gasteiger partial charge is 0.493 e. The van der Waals surface area contributed by atoms with Crippen molar-refractivity contribution in [3.8, 4) is 11.5 Å². The predicted molar refractivity (Wildman–Crippen MR) is 90.8 cm³/mol. The predicted octanol–water partition coefficient (Wildman–Crippen LogP) is 3.24. The molecule has 24 heavy (non-hydrogen) atoms. The Hall–Kier alpha value is -2.60. The zero-order chi connectivity index (χ0) is 17.1. The Bertz CT molecular complexity index is 743. The van der Waals surface area contributed by atoms with Crippen LogP contribution >= 0.6 is 0 Å². The molecule has 6 nitrogen and oxygen atoms in total. The summed E-state index contributed by atoms with van der Waals surface area (Å²) in [6, 6.07) is 10.7. The third-order valence-corrected chi connectivity index (χ3v) is 4.22. The van der Waals surface area contributed by atoms with Crippen molar-refractivity contribution in [2.24, 2.45) is 0 Å². The maximum absolute atomic E-state index is 10.8. The molecule has 1 aliphatic heterocycles. The summed E-state index contributed by atoms with van der Waals surface area (Å²) < 4.78 is 11.1. The number of fused-ring (bicyclic) bond motifs is 1. The first-order valence-electron chi connectivity index (χ1n) is 7.95. The molecule has 1 N–H and O–H groups in total. The molecule has 0 amide bonds. The number of benzene rings is 2. The van der Waals surface area contributed by atoms with Crippen molar-refractivity contribution >= 4 is 5.69 Å². The first kappa shape index (κ1) is 16.3. The van der Waals surface area contributed by atoms with Gasteiger partial charge in [-0.1, -0.05) is 12.1 Å². The van der Waals surface area contributed by atoms with E-state index in [1.165, 1.54) is 17.7 Å². The molecular weight excluding hydrogens is 308 g/mol. The van der Waals surface area contributed by atoms with E-state index >= 15 is 0 Å². The van der Waals surface area contributed by atoms with Crippen molar-refractivity contribution < 1.29 is 14.4 Å². The summed E-state index contributed by atoms with van der Waals surface area (Å²) in [6.45, 7) is 3.33. The summed E-state index contributed by atoms with van der Waals surface area (Å²) in [5, 5.41) is 14.3. The number of hydrogen-bond acceptors (Lipinski definition) is 5. The Morgan fingerprint density at radius 3 is 2.62 bits per heavy atom. The molecule has 0 aromatic heterocycles. The summed E-state index contributed by atoms with van der Waals surface area (Å²) in [7, 11) is 1.64. The van der Waals surface area contributed by atoms with Crippen molar-refractivity contribution in [3.63, 3.8) is 0 Å². The van der Waals surface area contributed by atoms with Crippen LogP contribution < -0.4 is 14.8 Å². The van der Waals surface area contributed by atoms with Crippen molar-refractivity contribution in [1.82, 2.24) is 5.32 Å². The molecule has 1 unspecified atom stereocenters. The van der Waals surface area contributed by atoms with E-state index in [1.54, 1.807) is 19.2 Å². The zero-order valence-corrected chi connectivity index (χ0v) is 13.7. The molecule has 0 aliphatic carbocycles. The van der Waals surface area contributed by atoms with Crippen LogP contribution in [0.3, 0.4) is 0 Å². The van der Waals surface area contributed by atoms with E-state index in [-0.39, 0.29) is 16.7 Å². The lowest BCUT2D eigenvalue weighted by atomic mass is 9.89. The maximum Gasteiger partial charge on any atom is 0.269 e. The molecule has 0 saturated carbocycles. The fourth-order valence-corrected chi connectivity index (χ4v) is 3.08. The summed E-state index contributed by atoms with van der Waals surface area (Å²) in [5.41, 5.74) is 3.42. The molecule has 0 spiro atoms. The van der Waals surface area contributed by atoms with Crippen LogP contribution in [0, 0.1) is 10.1 Å². The molecule has 1 atom stereocenters. The van der Waals surface area contributed by atoms with E-state index in [2.05, 4.69) is 5.32 Å². The number of nitrogens with zero attached hydrogens (tertiary/aromatic N) is 1. The summed E-state index contributed by atoms with van der Waals surface area (Å²) in [6.07, 6.45) is 0.904. The Kier molecular flexibility index (Phi) is 4.66. The molecule has 2 aromatic carbocycles. The van der Waals surface area contributed by atoms with Gasteiger partial charge in [-0.25, -0.2) is 0 Å². The Morgan fingerprint density at radius 1 is 1.25 bits per heavy atom. The topological polar surface area (TPSA) is 73.6 Å². The second kappa shape index (κ2) is 6.88. The quantitative estimate of drug-likeness (QED) is 0.674. The highest BCUT2D eigenvalue weighted by molar-refractivity contribution is 5.52. The van der Waals surface area contributed by atoms with Crippen LogP contribution in [0.1, 0.15) is 29.7 Å². The van der Waals surface area contributed by atoms with E-state index in [4.69, 9.17) is 9.47 Å². The van der Waals surface area contributed by atoms with E-state index < -0.39 is 0 Å². The highest BCUT2D eigenvalue weighted by Gasteiger charge is 2.24. The van der Waals surface area contributed by atoms with Gasteiger partial charge in [0.2, 0.25) is 0 Å². The number of nitrogens with one attached hydrogen (secondary N) is 1. The number of ether oxygens (including phenoxy) is 2. The first-order chi connectivity index (χ1) is 11.6. The average molecular weight is 328 g/mol. The van der Waals surface area contributed by atoms with Gasteiger partial charge in [-0.05, 0) is 42.2 Å². The zero-order valence-electron chi connectivity index (χ0n) is 13.7. The molecule has 0 saturated heterocycles. The Balaban J connectivity index is 2.01. The van der Waals surface area contributed by atoms with Gasteiger partial charge in [0.1, 0.15) is 0 Å².